The zero-order valence-corrected chi connectivity index (χ0v) is 15.5. The molecule has 1 aromatic heterocycles. The Balaban J connectivity index is 1.84. The van der Waals surface area contributed by atoms with E-state index in [1.165, 1.54) is 32.5 Å². The molecular formula is C18H33N5O. The smallest absolute Gasteiger partial charge is 0.191 e. The Labute approximate surface area is 146 Å². The van der Waals surface area contributed by atoms with Gasteiger partial charge in [-0.2, -0.15) is 0 Å². The summed E-state index contributed by atoms with van der Waals surface area (Å²) in [6.07, 6.45) is 5.61. The highest BCUT2D eigenvalue weighted by atomic mass is 16.5. The van der Waals surface area contributed by atoms with Crippen molar-refractivity contribution >= 4 is 5.96 Å². The van der Waals surface area contributed by atoms with E-state index in [1.54, 1.807) is 0 Å². The van der Waals surface area contributed by atoms with Gasteiger partial charge >= 0.3 is 0 Å². The van der Waals surface area contributed by atoms with Gasteiger partial charge < -0.3 is 20.1 Å². The summed E-state index contributed by atoms with van der Waals surface area (Å²) in [4.78, 5) is 7.27. The Morgan fingerprint density at radius 3 is 2.62 bits per heavy atom. The monoisotopic (exact) mass is 335 g/mol. The molecule has 1 aliphatic rings. The molecule has 136 valence electrons. The average molecular weight is 335 g/mol. The van der Waals surface area contributed by atoms with Crippen LogP contribution in [0, 0.1) is 0 Å². The summed E-state index contributed by atoms with van der Waals surface area (Å²) in [5, 5.41) is 10.9. The molecule has 0 aliphatic carbocycles. The predicted molar refractivity (Wildman–Crippen MR) is 98.4 cm³/mol. The molecule has 1 saturated heterocycles. The molecule has 0 saturated carbocycles. The van der Waals surface area contributed by atoms with Gasteiger partial charge in [-0.15, -0.1) is 0 Å². The highest BCUT2D eigenvalue weighted by Gasteiger charge is 2.13. The minimum atomic E-state index is 0.622. The number of hydrogen-bond acceptors (Lipinski definition) is 4. The maximum Gasteiger partial charge on any atom is 0.191 e. The fraction of sp³-hybridized carbons (Fsp3) is 0.778. The van der Waals surface area contributed by atoms with E-state index >= 15 is 0 Å². The number of likely N-dealkylation sites (tertiary alicyclic amines) is 1. The number of nitrogens with zero attached hydrogens (tertiary/aromatic N) is 3. The van der Waals surface area contributed by atoms with E-state index in [1.807, 2.05) is 0 Å². The van der Waals surface area contributed by atoms with Crippen molar-refractivity contribution in [3.63, 3.8) is 0 Å². The first kappa shape index (κ1) is 18.8. The number of nitrogens with one attached hydrogen (secondary N) is 2. The third-order valence-corrected chi connectivity index (χ3v) is 4.49. The summed E-state index contributed by atoms with van der Waals surface area (Å²) in [6.45, 7) is 12.4. The van der Waals surface area contributed by atoms with E-state index in [2.05, 4.69) is 41.5 Å². The van der Waals surface area contributed by atoms with Crippen molar-refractivity contribution < 1.29 is 4.52 Å². The van der Waals surface area contributed by atoms with E-state index in [0.717, 1.165) is 55.3 Å². The number of hydrogen-bond donors (Lipinski definition) is 2. The van der Waals surface area contributed by atoms with Gasteiger partial charge in [0.15, 0.2) is 5.96 Å². The van der Waals surface area contributed by atoms with Crippen LogP contribution in [-0.4, -0.2) is 48.7 Å². The molecule has 2 N–H and O–H groups in total. The van der Waals surface area contributed by atoms with Crippen LogP contribution in [0.4, 0.5) is 0 Å². The summed E-state index contributed by atoms with van der Waals surface area (Å²) in [5.74, 6) is 1.84. The van der Waals surface area contributed by atoms with E-state index in [-0.39, 0.29) is 0 Å². The van der Waals surface area contributed by atoms with Crippen molar-refractivity contribution in [1.82, 2.24) is 20.7 Å². The van der Waals surface area contributed by atoms with Gasteiger partial charge in [-0.3, -0.25) is 0 Å². The summed E-state index contributed by atoms with van der Waals surface area (Å²) in [5.41, 5.74) is 2.18. The van der Waals surface area contributed by atoms with Crippen LogP contribution in [0.15, 0.2) is 9.52 Å². The second-order valence-electron chi connectivity index (χ2n) is 6.26. The zero-order chi connectivity index (χ0) is 17.2. The molecule has 0 radical (unpaired) electrons. The van der Waals surface area contributed by atoms with Crippen LogP contribution in [0.5, 0.6) is 0 Å². The second-order valence-corrected chi connectivity index (χ2v) is 6.26. The lowest BCUT2D eigenvalue weighted by molar-refractivity contribution is 0.334. The van der Waals surface area contributed by atoms with Gasteiger partial charge in [0.25, 0.3) is 0 Å². The lowest BCUT2D eigenvalue weighted by atomic mass is 10.1. The van der Waals surface area contributed by atoms with Gasteiger partial charge in [0.2, 0.25) is 0 Å². The summed E-state index contributed by atoms with van der Waals surface area (Å²) >= 11 is 0. The molecule has 0 atom stereocenters. The normalized spacial score (nSPS) is 15.9. The Kier molecular flexibility index (Phi) is 8.08. The lowest BCUT2D eigenvalue weighted by Crippen LogP contribution is -2.38. The minimum Gasteiger partial charge on any atom is -0.361 e. The van der Waals surface area contributed by atoms with Crippen LogP contribution in [0.2, 0.25) is 0 Å². The van der Waals surface area contributed by atoms with Crippen LogP contribution in [0.25, 0.3) is 0 Å². The Morgan fingerprint density at radius 1 is 1.17 bits per heavy atom. The van der Waals surface area contributed by atoms with Gasteiger partial charge in [0.1, 0.15) is 5.76 Å². The van der Waals surface area contributed by atoms with Crippen molar-refractivity contribution in [3.8, 4) is 0 Å². The molecule has 1 fully saturated rings. The maximum absolute atomic E-state index is 5.42. The maximum atomic E-state index is 5.42. The first-order chi connectivity index (χ1) is 11.8. The number of rotatable bonds is 9. The van der Waals surface area contributed by atoms with Crippen LogP contribution in [0.3, 0.4) is 0 Å². The molecular weight excluding hydrogens is 302 g/mol. The fourth-order valence-electron chi connectivity index (χ4n) is 3.13. The van der Waals surface area contributed by atoms with Crippen LogP contribution >= 0.6 is 0 Å². The molecule has 2 heterocycles. The van der Waals surface area contributed by atoms with Crippen LogP contribution in [-0.2, 0) is 19.4 Å². The molecule has 1 aliphatic heterocycles. The number of aryl methyl sites for hydroxylation is 2. The standard InChI is InChI=1S/C18H33N5O/c1-4-16-15(17(5-2)24-22-16)14-21-18(19-6-3)20-10-9-13-23-11-7-8-12-23/h4-14H2,1-3H3,(H2,19,20,21). The molecule has 0 bridgehead atoms. The van der Waals surface area contributed by atoms with Gasteiger partial charge in [0, 0.05) is 25.1 Å². The highest BCUT2D eigenvalue weighted by Crippen LogP contribution is 2.16. The molecule has 1 aromatic rings. The van der Waals surface area contributed by atoms with Crippen molar-refractivity contribution in [2.24, 2.45) is 4.99 Å². The SMILES string of the molecule is CCNC(=NCc1c(CC)noc1CC)NCCCN1CCCC1. The Bertz CT molecular complexity index is 484. The molecule has 0 aromatic carbocycles. The van der Waals surface area contributed by atoms with Gasteiger partial charge in [-0.25, -0.2) is 4.99 Å². The van der Waals surface area contributed by atoms with Gasteiger partial charge in [-0.05, 0) is 52.2 Å². The van der Waals surface area contributed by atoms with Crippen LogP contribution < -0.4 is 10.6 Å². The van der Waals surface area contributed by atoms with E-state index in [0.29, 0.717) is 6.54 Å². The molecule has 6 nitrogen and oxygen atoms in total. The van der Waals surface area contributed by atoms with Crippen molar-refractivity contribution in [3.05, 3.63) is 17.0 Å². The Morgan fingerprint density at radius 2 is 1.96 bits per heavy atom. The second kappa shape index (κ2) is 10.3. The molecule has 2 rings (SSSR count). The summed E-state index contributed by atoms with van der Waals surface area (Å²) in [7, 11) is 0. The number of aromatic nitrogens is 1. The fourth-order valence-corrected chi connectivity index (χ4v) is 3.13. The Hall–Kier alpha value is -1.56. The average Bonchev–Trinajstić information content (AvgIpc) is 3.25. The quantitative estimate of drug-likeness (QED) is 0.412. The summed E-state index contributed by atoms with van der Waals surface area (Å²) < 4.78 is 5.42. The molecule has 0 spiro atoms. The molecule has 0 amide bonds. The first-order valence-electron chi connectivity index (χ1n) is 9.49. The van der Waals surface area contributed by atoms with Gasteiger partial charge in [0.05, 0.1) is 12.2 Å². The third-order valence-electron chi connectivity index (χ3n) is 4.49. The van der Waals surface area contributed by atoms with Gasteiger partial charge in [-0.1, -0.05) is 19.0 Å². The zero-order valence-electron chi connectivity index (χ0n) is 15.5. The van der Waals surface area contributed by atoms with E-state index in [4.69, 9.17) is 9.52 Å². The lowest BCUT2D eigenvalue weighted by Gasteiger charge is -2.15. The minimum absolute atomic E-state index is 0.622. The highest BCUT2D eigenvalue weighted by molar-refractivity contribution is 5.79. The van der Waals surface area contributed by atoms with E-state index in [9.17, 15) is 0 Å². The number of aliphatic imine (C=N–C) groups is 1. The number of guanidine groups is 1. The largest absolute Gasteiger partial charge is 0.361 e. The summed E-state index contributed by atoms with van der Waals surface area (Å²) in [6, 6.07) is 0. The predicted octanol–water partition coefficient (Wildman–Crippen LogP) is 2.34. The van der Waals surface area contributed by atoms with E-state index < -0.39 is 0 Å². The van der Waals surface area contributed by atoms with Crippen LogP contribution in [0.1, 0.15) is 57.1 Å². The third kappa shape index (κ3) is 5.51. The van der Waals surface area contributed by atoms with Crippen molar-refractivity contribution in [2.75, 3.05) is 32.7 Å². The van der Waals surface area contributed by atoms with Crippen molar-refractivity contribution in [1.29, 1.82) is 0 Å². The topological polar surface area (TPSA) is 65.7 Å². The molecule has 24 heavy (non-hydrogen) atoms. The van der Waals surface area contributed by atoms with Crippen molar-refractivity contribution in [2.45, 2.75) is 59.4 Å². The molecule has 6 heteroatoms. The molecule has 0 unspecified atom stereocenters. The first-order valence-corrected chi connectivity index (χ1v) is 9.49.